The first-order valence-corrected chi connectivity index (χ1v) is 7.64. The molecule has 1 aliphatic carbocycles. The lowest BCUT2D eigenvalue weighted by atomic mass is 10.1. The molecule has 1 amide bonds. The molecule has 0 atom stereocenters. The van der Waals surface area contributed by atoms with E-state index < -0.39 is 0 Å². The van der Waals surface area contributed by atoms with Gasteiger partial charge in [0.2, 0.25) is 5.91 Å². The third kappa shape index (κ3) is 2.80. The SMILES string of the molecule is CCN1CCN(C(=O)CNCC2CC2)c2ccccc21. The van der Waals surface area contributed by atoms with Gasteiger partial charge in [-0.3, -0.25) is 4.79 Å². The molecule has 4 heteroatoms. The first-order chi connectivity index (χ1) is 9.79. The van der Waals surface area contributed by atoms with E-state index in [0.717, 1.165) is 37.8 Å². The molecule has 1 saturated carbocycles. The number of hydrogen-bond donors (Lipinski definition) is 1. The molecule has 20 heavy (non-hydrogen) atoms. The number of para-hydroxylation sites is 2. The summed E-state index contributed by atoms with van der Waals surface area (Å²) in [6.07, 6.45) is 2.64. The molecule has 0 aromatic heterocycles. The summed E-state index contributed by atoms with van der Waals surface area (Å²) in [6.45, 7) is 6.29. The van der Waals surface area contributed by atoms with Crippen LogP contribution in [-0.2, 0) is 4.79 Å². The van der Waals surface area contributed by atoms with Crippen LogP contribution < -0.4 is 15.1 Å². The van der Waals surface area contributed by atoms with Gasteiger partial charge in [-0.1, -0.05) is 12.1 Å². The predicted molar refractivity (Wildman–Crippen MR) is 82.3 cm³/mol. The number of rotatable bonds is 5. The number of carbonyl (C=O) groups excluding carboxylic acids is 1. The minimum absolute atomic E-state index is 0.189. The van der Waals surface area contributed by atoms with Crippen LogP contribution in [0.15, 0.2) is 24.3 Å². The van der Waals surface area contributed by atoms with E-state index in [9.17, 15) is 4.79 Å². The second-order valence-corrected chi connectivity index (χ2v) is 5.69. The number of fused-ring (bicyclic) bond motifs is 1. The van der Waals surface area contributed by atoms with Crippen LogP contribution in [0.3, 0.4) is 0 Å². The van der Waals surface area contributed by atoms with Crippen molar-refractivity contribution < 1.29 is 4.79 Å². The van der Waals surface area contributed by atoms with Crippen molar-refractivity contribution in [2.75, 3.05) is 42.5 Å². The van der Waals surface area contributed by atoms with Crippen molar-refractivity contribution in [3.63, 3.8) is 0 Å². The highest BCUT2D eigenvalue weighted by atomic mass is 16.2. The maximum Gasteiger partial charge on any atom is 0.241 e. The highest BCUT2D eigenvalue weighted by Gasteiger charge is 2.26. The number of amides is 1. The lowest BCUT2D eigenvalue weighted by Gasteiger charge is -2.37. The molecule has 0 spiro atoms. The van der Waals surface area contributed by atoms with Crippen LogP contribution in [-0.4, -0.2) is 38.6 Å². The molecular weight excluding hydrogens is 250 g/mol. The fourth-order valence-corrected chi connectivity index (χ4v) is 2.81. The topological polar surface area (TPSA) is 35.6 Å². The molecule has 2 aliphatic rings. The zero-order valence-corrected chi connectivity index (χ0v) is 12.1. The first kappa shape index (κ1) is 13.4. The minimum atomic E-state index is 0.189. The summed E-state index contributed by atoms with van der Waals surface area (Å²) in [5.41, 5.74) is 2.23. The van der Waals surface area contributed by atoms with Gasteiger partial charge in [0.05, 0.1) is 17.9 Å². The van der Waals surface area contributed by atoms with Crippen LogP contribution in [0.1, 0.15) is 19.8 Å². The smallest absolute Gasteiger partial charge is 0.241 e. The molecule has 3 rings (SSSR count). The monoisotopic (exact) mass is 273 g/mol. The minimum Gasteiger partial charge on any atom is -0.368 e. The molecule has 4 nitrogen and oxygen atoms in total. The highest BCUT2D eigenvalue weighted by Crippen LogP contribution is 2.32. The number of nitrogens with zero attached hydrogens (tertiary/aromatic N) is 2. The summed E-state index contributed by atoms with van der Waals surface area (Å²) < 4.78 is 0. The Kier molecular flexibility index (Phi) is 3.92. The lowest BCUT2D eigenvalue weighted by molar-refractivity contribution is -0.117. The standard InChI is InChI=1S/C16H23N3O/c1-2-18-9-10-19(15-6-4-3-5-14(15)18)16(20)12-17-11-13-7-8-13/h3-6,13,17H,2,7-12H2,1H3. The number of benzene rings is 1. The molecule has 1 fully saturated rings. The van der Waals surface area contributed by atoms with Crippen molar-refractivity contribution in [2.45, 2.75) is 19.8 Å². The predicted octanol–water partition coefficient (Wildman–Crippen LogP) is 1.86. The van der Waals surface area contributed by atoms with Crippen molar-refractivity contribution in [3.05, 3.63) is 24.3 Å². The van der Waals surface area contributed by atoms with Gasteiger partial charge in [0.1, 0.15) is 0 Å². The summed E-state index contributed by atoms with van der Waals surface area (Å²) in [5, 5.41) is 3.30. The summed E-state index contributed by atoms with van der Waals surface area (Å²) in [4.78, 5) is 16.7. The Morgan fingerprint density at radius 2 is 2.00 bits per heavy atom. The van der Waals surface area contributed by atoms with Gasteiger partial charge in [-0.05, 0) is 44.4 Å². The summed E-state index contributed by atoms with van der Waals surface area (Å²) in [6, 6.07) is 8.21. The molecule has 0 bridgehead atoms. The molecule has 1 aromatic rings. The van der Waals surface area contributed by atoms with Crippen molar-refractivity contribution in [2.24, 2.45) is 5.92 Å². The van der Waals surface area contributed by atoms with Gasteiger partial charge in [0.15, 0.2) is 0 Å². The average Bonchev–Trinajstić information content (AvgIpc) is 3.30. The molecule has 1 aliphatic heterocycles. The Labute approximate surface area is 120 Å². The van der Waals surface area contributed by atoms with Crippen molar-refractivity contribution in [3.8, 4) is 0 Å². The van der Waals surface area contributed by atoms with Gasteiger partial charge >= 0.3 is 0 Å². The second-order valence-electron chi connectivity index (χ2n) is 5.69. The van der Waals surface area contributed by atoms with Crippen LogP contribution in [0, 0.1) is 5.92 Å². The molecule has 0 saturated heterocycles. The largest absolute Gasteiger partial charge is 0.368 e. The first-order valence-electron chi connectivity index (χ1n) is 7.64. The van der Waals surface area contributed by atoms with Gasteiger partial charge in [0.25, 0.3) is 0 Å². The normalized spacial score (nSPS) is 18.1. The lowest BCUT2D eigenvalue weighted by Crippen LogP contribution is -2.47. The van der Waals surface area contributed by atoms with E-state index in [1.54, 1.807) is 0 Å². The number of likely N-dealkylation sites (N-methyl/N-ethyl adjacent to an activating group) is 1. The third-order valence-corrected chi connectivity index (χ3v) is 4.20. The molecular formula is C16H23N3O. The molecule has 0 unspecified atom stereocenters. The van der Waals surface area contributed by atoms with Crippen LogP contribution in [0.2, 0.25) is 0 Å². The van der Waals surface area contributed by atoms with Gasteiger partial charge in [-0.15, -0.1) is 0 Å². The fraction of sp³-hybridized carbons (Fsp3) is 0.562. The molecule has 1 aromatic carbocycles. The highest BCUT2D eigenvalue weighted by molar-refractivity contribution is 5.99. The van der Waals surface area contributed by atoms with E-state index in [1.807, 2.05) is 17.0 Å². The Balaban J connectivity index is 1.68. The Hall–Kier alpha value is -1.55. The fourth-order valence-electron chi connectivity index (χ4n) is 2.81. The van der Waals surface area contributed by atoms with Crippen LogP contribution in [0.25, 0.3) is 0 Å². The van der Waals surface area contributed by atoms with Gasteiger partial charge in [0, 0.05) is 19.6 Å². The van der Waals surface area contributed by atoms with Crippen LogP contribution in [0.5, 0.6) is 0 Å². The zero-order chi connectivity index (χ0) is 13.9. The van der Waals surface area contributed by atoms with E-state index in [4.69, 9.17) is 0 Å². The van der Waals surface area contributed by atoms with Crippen LogP contribution in [0.4, 0.5) is 11.4 Å². The summed E-state index contributed by atoms with van der Waals surface area (Å²) >= 11 is 0. The van der Waals surface area contributed by atoms with E-state index >= 15 is 0 Å². The number of nitrogens with one attached hydrogen (secondary N) is 1. The number of carbonyl (C=O) groups is 1. The van der Waals surface area contributed by atoms with Crippen molar-refractivity contribution >= 4 is 17.3 Å². The van der Waals surface area contributed by atoms with Gasteiger partial charge < -0.3 is 15.1 Å². The maximum atomic E-state index is 12.4. The molecule has 108 valence electrons. The van der Waals surface area contributed by atoms with E-state index in [-0.39, 0.29) is 5.91 Å². The van der Waals surface area contributed by atoms with Crippen LogP contribution >= 0.6 is 0 Å². The number of anilines is 2. The second kappa shape index (κ2) is 5.83. The molecule has 1 heterocycles. The number of hydrogen-bond acceptors (Lipinski definition) is 3. The van der Waals surface area contributed by atoms with Crippen molar-refractivity contribution in [1.29, 1.82) is 0 Å². The van der Waals surface area contributed by atoms with Crippen molar-refractivity contribution in [1.82, 2.24) is 5.32 Å². The van der Waals surface area contributed by atoms with E-state index in [1.165, 1.54) is 18.5 Å². The molecule has 1 N–H and O–H groups in total. The Morgan fingerprint density at radius 1 is 1.25 bits per heavy atom. The maximum absolute atomic E-state index is 12.4. The van der Waals surface area contributed by atoms with E-state index in [0.29, 0.717) is 6.54 Å². The summed E-state index contributed by atoms with van der Waals surface area (Å²) in [7, 11) is 0. The third-order valence-electron chi connectivity index (χ3n) is 4.20. The van der Waals surface area contributed by atoms with Gasteiger partial charge in [-0.2, -0.15) is 0 Å². The quantitative estimate of drug-likeness (QED) is 0.889. The zero-order valence-electron chi connectivity index (χ0n) is 12.1. The summed E-state index contributed by atoms with van der Waals surface area (Å²) in [5.74, 6) is 1.00. The Morgan fingerprint density at radius 3 is 2.70 bits per heavy atom. The Bertz CT molecular complexity index is 484. The van der Waals surface area contributed by atoms with Gasteiger partial charge in [-0.25, -0.2) is 0 Å². The molecule has 0 radical (unpaired) electrons. The average molecular weight is 273 g/mol. The van der Waals surface area contributed by atoms with E-state index in [2.05, 4.69) is 29.3 Å².